The average Bonchev–Trinajstić information content (AvgIpc) is 2.99. The van der Waals surface area contributed by atoms with E-state index in [9.17, 15) is 14.7 Å². The predicted octanol–water partition coefficient (Wildman–Crippen LogP) is 3.39. The number of benzene rings is 2. The van der Waals surface area contributed by atoms with Crippen molar-refractivity contribution in [1.82, 2.24) is 9.78 Å². The van der Waals surface area contributed by atoms with E-state index in [1.165, 1.54) is 4.68 Å². The van der Waals surface area contributed by atoms with Crippen LogP contribution >= 0.6 is 0 Å². The Morgan fingerprint density at radius 2 is 1.74 bits per heavy atom. The van der Waals surface area contributed by atoms with Crippen LogP contribution in [-0.2, 0) is 13.5 Å². The van der Waals surface area contributed by atoms with Gasteiger partial charge in [0, 0.05) is 18.2 Å². The first-order valence-corrected chi connectivity index (χ1v) is 8.30. The molecule has 0 saturated carbocycles. The molecule has 0 saturated heterocycles. The van der Waals surface area contributed by atoms with Gasteiger partial charge in [0.25, 0.3) is 0 Å². The average molecular weight is 359 g/mol. The van der Waals surface area contributed by atoms with Gasteiger partial charge in [0.1, 0.15) is 11.3 Å². The first-order chi connectivity index (χ1) is 12.9. The standard InChI is InChI=1S/C21H17N3O3/c1-13-3-7-16(8-4-13)20-19(21(26)27)17(24(2)23-20)11-18(25)15-9-5-14(12-22)6-10-15/h3-10H,11H2,1-2H3,(H,26,27). The molecule has 3 rings (SSSR count). The van der Waals surface area contributed by atoms with Crippen LogP contribution in [0, 0.1) is 18.3 Å². The number of Topliss-reactive ketones (excluding diaryl/α,β-unsaturated/α-hetero) is 1. The van der Waals surface area contributed by atoms with Crippen molar-refractivity contribution in [2.45, 2.75) is 13.3 Å². The number of aryl methyl sites for hydroxylation is 2. The van der Waals surface area contributed by atoms with Crippen molar-refractivity contribution in [2.75, 3.05) is 0 Å². The number of nitrogens with zero attached hydrogens (tertiary/aromatic N) is 3. The number of ketones is 1. The molecule has 134 valence electrons. The second-order valence-electron chi connectivity index (χ2n) is 6.25. The molecule has 0 radical (unpaired) electrons. The minimum absolute atomic E-state index is 0.0309. The number of carbonyl (C=O) groups is 2. The van der Waals surface area contributed by atoms with Gasteiger partial charge in [-0.25, -0.2) is 4.79 Å². The molecule has 27 heavy (non-hydrogen) atoms. The Bertz CT molecular complexity index is 1060. The summed E-state index contributed by atoms with van der Waals surface area (Å²) in [6, 6.07) is 15.7. The Hall–Kier alpha value is -3.72. The molecule has 3 aromatic rings. The van der Waals surface area contributed by atoms with E-state index >= 15 is 0 Å². The zero-order valence-electron chi connectivity index (χ0n) is 14.9. The maximum absolute atomic E-state index is 12.6. The highest BCUT2D eigenvalue weighted by atomic mass is 16.4. The van der Waals surface area contributed by atoms with Crippen molar-refractivity contribution in [3.05, 3.63) is 76.5 Å². The van der Waals surface area contributed by atoms with Gasteiger partial charge in [-0.15, -0.1) is 0 Å². The predicted molar refractivity (Wildman–Crippen MR) is 99.5 cm³/mol. The summed E-state index contributed by atoms with van der Waals surface area (Å²) in [6.45, 7) is 1.95. The van der Waals surface area contributed by atoms with Gasteiger partial charge in [0.05, 0.1) is 23.7 Å². The van der Waals surface area contributed by atoms with Crippen LogP contribution in [-0.4, -0.2) is 26.6 Å². The quantitative estimate of drug-likeness (QED) is 0.705. The molecular formula is C21H17N3O3. The number of aromatic carboxylic acids is 1. The molecule has 0 fully saturated rings. The van der Waals surface area contributed by atoms with E-state index in [2.05, 4.69) is 5.10 Å². The smallest absolute Gasteiger partial charge is 0.339 e. The molecule has 1 aromatic heterocycles. The number of rotatable bonds is 5. The zero-order chi connectivity index (χ0) is 19.6. The van der Waals surface area contributed by atoms with Crippen LogP contribution in [0.4, 0.5) is 0 Å². The molecule has 0 spiro atoms. The van der Waals surface area contributed by atoms with Gasteiger partial charge < -0.3 is 5.11 Å². The van der Waals surface area contributed by atoms with Gasteiger partial charge in [-0.3, -0.25) is 9.48 Å². The maximum atomic E-state index is 12.6. The molecule has 0 amide bonds. The molecule has 0 aliphatic carbocycles. The van der Waals surface area contributed by atoms with Gasteiger partial charge in [-0.2, -0.15) is 10.4 Å². The molecule has 0 bridgehead atoms. The summed E-state index contributed by atoms with van der Waals surface area (Å²) in [7, 11) is 1.63. The van der Waals surface area contributed by atoms with Gasteiger partial charge in [-0.05, 0) is 19.1 Å². The number of hydrogen-bond donors (Lipinski definition) is 1. The van der Waals surface area contributed by atoms with E-state index < -0.39 is 5.97 Å². The summed E-state index contributed by atoms with van der Waals surface area (Å²) in [4.78, 5) is 24.5. The SMILES string of the molecule is Cc1ccc(-c2nn(C)c(CC(=O)c3ccc(C#N)cc3)c2C(=O)O)cc1. The summed E-state index contributed by atoms with van der Waals surface area (Å²) in [5.74, 6) is -1.36. The van der Waals surface area contributed by atoms with Crippen molar-refractivity contribution < 1.29 is 14.7 Å². The second-order valence-corrected chi connectivity index (χ2v) is 6.25. The Morgan fingerprint density at radius 3 is 2.30 bits per heavy atom. The lowest BCUT2D eigenvalue weighted by atomic mass is 10.00. The molecule has 0 aliphatic rings. The number of carbonyl (C=O) groups excluding carboxylic acids is 1. The van der Waals surface area contributed by atoms with Crippen LogP contribution < -0.4 is 0 Å². The Balaban J connectivity index is 2.00. The number of hydrogen-bond acceptors (Lipinski definition) is 4. The first-order valence-electron chi connectivity index (χ1n) is 8.30. The summed E-state index contributed by atoms with van der Waals surface area (Å²) in [5.41, 5.74) is 3.33. The fraction of sp³-hybridized carbons (Fsp3) is 0.143. The van der Waals surface area contributed by atoms with Gasteiger partial charge in [0.15, 0.2) is 5.78 Å². The third kappa shape index (κ3) is 3.62. The van der Waals surface area contributed by atoms with Crippen LogP contribution in [0.5, 0.6) is 0 Å². The number of aromatic nitrogens is 2. The number of nitriles is 1. The van der Waals surface area contributed by atoms with Crippen molar-refractivity contribution in [3.63, 3.8) is 0 Å². The molecule has 2 aromatic carbocycles. The van der Waals surface area contributed by atoms with Crippen molar-refractivity contribution in [1.29, 1.82) is 5.26 Å². The molecule has 0 aliphatic heterocycles. The highest BCUT2D eigenvalue weighted by Gasteiger charge is 2.25. The van der Waals surface area contributed by atoms with E-state index in [4.69, 9.17) is 5.26 Å². The summed E-state index contributed by atoms with van der Waals surface area (Å²) >= 11 is 0. The van der Waals surface area contributed by atoms with Gasteiger partial charge in [0.2, 0.25) is 0 Å². The van der Waals surface area contributed by atoms with Gasteiger partial charge in [-0.1, -0.05) is 42.0 Å². The normalized spacial score (nSPS) is 10.4. The Kier molecular flexibility index (Phi) is 4.86. The minimum atomic E-state index is -1.12. The highest BCUT2D eigenvalue weighted by Crippen LogP contribution is 2.26. The molecular weight excluding hydrogens is 342 g/mol. The van der Waals surface area contributed by atoms with E-state index in [0.717, 1.165) is 5.56 Å². The third-order valence-electron chi connectivity index (χ3n) is 4.37. The number of carboxylic acids is 1. The molecule has 6 nitrogen and oxygen atoms in total. The van der Waals surface area contributed by atoms with E-state index in [-0.39, 0.29) is 17.8 Å². The molecule has 6 heteroatoms. The topological polar surface area (TPSA) is 96.0 Å². The van der Waals surface area contributed by atoms with Crippen LogP contribution in [0.15, 0.2) is 48.5 Å². The largest absolute Gasteiger partial charge is 0.478 e. The molecule has 0 atom stereocenters. The molecule has 1 N–H and O–H groups in total. The fourth-order valence-electron chi connectivity index (χ4n) is 2.88. The van der Waals surface area contributed by atoms with Crippen LogP contribution in [0.2, 0.25) is 0 Å². The molecule has 0 unspecified atom stereocenters. The van der Waals surface area contributed by atoms with Crippen LogP contribution in [0.3, 0.4) is 0 Å². The van der Waals surface area contributed by atoms with E-state index in [1.807, 2.05) is 37.3 Å². The van der Waals surface area contributed by atoms with Crippen LogP contribution in [0.25, 0.3) is 11.3 Å². The lowest BCUT2D eigenvalue weighted by Gasteiger charge is -2.05. The van der Waals surface area contributed by atoms with Crippen molar-refractivity contribution in [3.8, 4) is 17.3 Å². The first kappa shape index (κ1) is 18.1. The highest BCUT2D eigenvalue weighted by molar-refractivity contribution is 6.01. The lowest BCUT2D eigenvalue weighted by molar-refractivity contribution is 0.0696. The Morgan fingerprint density at radius 1 is 1.11 bits per heavy atom. The van der Waals surface area contributed by atoms with E-state index in [1.54, 1.807) is 31.3 Å². The minimum Gasteiger partial charge on any atom is -0.478 e. The fourth-order valence-corrected chi connectivity index (χ4v) is 2.88. The van der Waals surface area contributed by atoms with Crippen LogP contribution in [0.1, 0.15) is 37.5 Å². The lowest BCUT2D eigenvalue weighted by Crippen LogP contribution is -2.12. The summed E-state index contributed by atoms with van der Waals surface area (Å²) in [6.07, 6.45) is -0.0944. The Labute approximate surface area is 156 Å². The monoisotopic (exact) mass is 359 g/mol. The number of carboxylic acid groups (broad SMARTS) is 1. The maximum Gasteiger partial charge on any atom is 0.339 e. The summed E-state index contributed by atoms with van der Waals surface area (Å²) < 4.78 is 1.44. The van der Waals surface area contributed by atoms with Crippen molar-refractivity contribution in [2.24, 2.45) is 7.05 Å². The van der Waals surface area contributed by atoms with Gasteiger partial charge >= 0.3 is 5.97 Å². The second kappa shape index (κ2) is 7.26. The summed E-state index contributed by atoms with van der Waals surface area (Å²) in [5, 5.41) is 22.9. The zero-order valence-corrected chi connectivity index (χ0v) is 14.9. The third-order valence-corrected chi connectivity index (χ3v) is 4.37. The van der Waals surface area contributed by atoms with E-state index in [0.29, 0.717) is 28.1 Å². The van der Waals surface area contributed by atoms with Crippen molar-refractivity contribution >= 4 is 11.8 Å². The molecule has 1 heterocycles.